The predicted octanol–water partition coefficient (Wildman–Crippen LogP) is 3.08. The summed E-state index contributed by atoms with van der Waals surface area (Å²) in [4.78, 5) is 32.4. The van der Waals surface area contributed by atoms with Gasteiger partial charge in [0, 0.05) is 15.5 Å². The summed E-state index contributed by atoms with van der Waals surface area (Å²) in [5.74, 6) is -0.304. The third-order valence-electron chi connectivity index (χ3n) is 4.40. The van der Waals surface area contributed by atoms with E-state index in [1.807, 2.05) is 44.4 Å². The number of thioether (sulfide) groups is 1. The number of rotatable bonds is 4. The Morgan fingerprint density at radius 1 is 1.33 bits per heavy atom. The van der Waals surface area contributed by atoms with Gasteiger partial charge in [0.25, 0.3) is 0 Å². The van der Waals surface area contributed by atoms with Crippen LogP contribution in [0.2, 0.25) is 0 Å². The summed E-state index contributed by atoms with van der Waals surface area (Å²) in [6, 6.07) is 7.55. The summed E-state index contributed by atoms with van der Waals surface area (Å²) in [7, 11) is 0. The van der Waals surface area contributed by atoms with Gasteiger partial charge in [0.1, 0.15) is 17.7 Å². The van der Waals surface area contributed by atoms with Crippen LogP contribution in [0.25, 0.3) is 15.9 Å². The highest BCUT2D eigenvalue weighted by atomic mass is 32.2. The minimum atomic E-state index is -0.379. The molecule has 0 aliphatic rings. The zero-order valence-electron chi connectivity index (χ0n) is 15.0. The van der Waals surface area contributed by atoms with E-state index in [4.69, 9.17) is 0 Å². The smallest absolute Gasteiger partial charge is 0.324 e. The molecule has 138 valence electrons. The third-order valence-corrected chi connectivity index (χ3v) is 6.24. The van der Waals surface area contributed by atoms with Gasteiger partial charge in [0.05, 0.1) is 5.39 Å². The average Bonchev–Trinajstić information content (AvgIpc) is 3.12. The van der Waals surface area contributed by atoms with Gasteiger partial charge in [-0.25, -0.2) is 18.9 Å². The van der Waals surface area contributed by atoms with Gasteiger partial charge in [-0.05, 0) is 43.9 Å². The maximum absolute atomic E-state index is 12.6. The largest absolute Gasteiger partial charge is 0.352 e. The van der Waals surface area contributed by atoms with Crippen LogP contribution in [-0.2, 0) is 11.3 Å². The first-order chi connectivity index (χ1) is 13.0. The standard InChI is InChI=1S/C18H17N5O2S2/c1-10-11(2)27-17-15(10)16-21-23(18(25)22(16)9-19-17)8-14(24)20-12-5-4-6-13(7-12)26-3/h4-7,9H,8H2,1-3H3,(H,20,24). The molecule has 0 saturated heterocycles. The van der Waals surface area contributed by atoms with E-state index in [0.29, 0.717) is 11.3 Å². The molecular weight excluding hydrogens is 382 g/mol. The van der Waals surface area contributed by atoms with Gasteiger partial charge in [0.2, 0.25) is 5.91 Å². The van der Waals surface area contributed by atoms with Crippen molar-refractivity contribution < 1.29 is 4.79 Å². The Labute approximate surface area is 163 Å². The molecule has 1 N–H and O–H groups in total. The van der Waals surface area contributed by atoms with E-state index in [0.717, 1.165) is 25.6 Å². The van der Waals surface area contributed by atoms with Gasteiger partial charge in [-0.15, -0.1) is 28.2 Å². The molecule has 0 unspecified atom stereocenters. The Bertz CT molecular complexity index is 1240. The molecule has 0 radical (unpaired) electrons. The number of aromatic nitrogens is 4. The molecule has 0 fully saturated rings. The van der Waals surface area contributed by atoms with Gasteiger partial charge >= 0.3 is 5.69 Å². The van der Waals surface area contributed by atoms with Crippen molar-refractivity contribution in [2.24, 2.45) is 0 Å². The van der Waals surface area contributed by atoms with Gasteiger partial charge in [-0.3, -0.25) is 4.79 Å². The lowest BCUT2D eigenvalue weighted by atomic mass is 10.2. The molecular formula is C18H17N5O2S2. The molecule has 27 heavy (non-hydrogen) atoms. The monoisotopic (exact) mass is 399 g/mol. The van der Waals surface area contributed by atoms with Gasteiger partial charge < -0.3 is 5.32 Å². The topological polar surface area (TPSA) is 81.3 Å². The van der Waals surface area contributed by atoms with Crippen molar-refractivity contribution in [3.63, 3.8) is 0 Å². The molecule has 9 heteroatoms. The first-order valence-corrected chi connectivity index (χ1v) is 10.3. The van der Waals surface area contributed by atoms with Crippen molar-refractivity contribution >= 4 is 50.6 Å². The van der Waals surface area contributed by atoms with Crippen LogP contribution in [0.15, 0.2) is 40.3 Å². The number of nitrogens with one attached hydrogen (secondary N) is 1. The molecule has 0 spiro atoms. The summed E-state index contributed by atoms with van der Waals surface area (Å²) in [6.07, 6.45) is 3.44. The number of nitrogens with zero attached hydrogens (tertiary/aromatic N) is 4. The summed E-state index contributed by atoms with van der Waals surface area (Å²) in [5.41, 5.74) is 1.90. The zero-order valence-corrected chi connectivity index (χ0v) is 16.6. The summed E-state index contributed by atoms with van der Waals surface area (Å²) in [6.45, 7) is 3.85. The molecule has 0 saturated carbocycles. The van der Waals surface area contributed by atoms with Gasteiger partial charge in [-0.1, -0.05) is 6.07 Å². The molecule has 4 aromatic rings. The van der Waals surface area contributed by atoms with Crippen LogP contribution in [0.3, 0.4) is 0 Å². The second-order valence-corrected chi connectivity index (χ2v) is 8.20. The first kappa shape index (κ1) is 17.7. The number of amides is 1. The van der Waals surface area contributed by atoms with Crippen molar-refractivity contribution in [3.8, 4) is 0 Å². The third kappa shape index (κ3) is 3.13. The van der Waals surface area contributed by atoms with E-state index in [1.165, 1.54) is 15.4 Å². The number of aryl methyl sites for hydroxylation is 2. The molecule has 0 aliphatic heterocycles. The number of thiophene rings is 1. The highest BCUT2D eigenvalue weighted by molar-refractivity contribution is 7.98. The Balaban J connectivity index is 1.67. The Morgan fingerprint density at radius 3 is 2.93 bits per heavy atom. The lowest BCUT2D eigenvalue weighted by Crippen LogP contribution is -2.28. The highest BCUT2D eigenvalue weighted by Gasteiger charge is 2.17. The number of fused-ring (bicyclic) bond motifs is 3. The van der Waals surface area contributed by atoms with Crippen molar-refractivity contribution in [2.45, 2.75) is 25.3 Å². The summed E-state index contributed by atoms with van der Waals surface area (Å²) < 4.78 is 2.57. The van der Waals surface area contributed by atoms with Gasteiger partial charge in [-0.2, -0.15) is 0 Å². The number of hydrogen-bond donors (Lipinski definition) is 1. The second kappa shape index (κ2) is 6.82. The fourth-order valence-corrected chi connectivity index (χ4v) is 4.36. The highest BCUT2D eigenvalue weighted by Crippen LogP contribution is 2.30. The molecule has 0 atom stereocenters. The fourth-order valence-electron chi connectivity index (χ4n) is 2.91. The molecule has 1 amide bonds. The number of benzene rings is 1. The number of carbonyl (C=O) groups is 1. The van der Waals surface area contributed by atoms with Crippen molar-refractivity contribution in [1.82, 2.24) is 19.2 Å². The predicted molar refractivity (Wildman–Crippen MR) is 109 cm³/mol. The van der Waals surface area contributed by atoms with Crippen LogP contribution in [-0.4, -0.2) is 31.3 Å². The van der Waals surface area contributed by atoms with Crippen LogP contribution in [0.4, 0.5) is 5.69 Å². The minimum absolute atomic E-state index is 0.159. The van der Waals surface area contributed by atoms with E-state index in [1.54, 1.807) is 23.1 Å². The molecule has 7 nitrogen and oxygen atoms in total. The summed E-state index contributed by atoms with van der Waals surface area (Å²) in [5, 5.41) is 8.08. The Hall–Kier alpha value is -2.65. The van der Waals surface area contributed by atoms with E-state index >= 15 is 0 Å². The van der Waals surface area contributed by atoms with E-state index in [9.17, 15) is 9.59 Å². The number of anilines is 1. The Morgan fingerprint density at radius 2 is 2.15 bits per heavy atom. The van der Waals surface area contributed by atoms with Crippen LogP contribution < -0.4 is 11.0 Å². The fraction of sp³-hybridized carbons (Fsp3) is 0.222. The van der Waals surface area contributed by atoms with Crippen molar-refractivity contribution in [3.05, 3.63) is 51.5 Å². The van der Waals surface area contributed by atoms with E-state index in [2.05, 4.69) is 15.4 Å². The molecule has 0 bridgehead atoms. The Kier molecular flexibility index (Phi) is 4.48. The average molecular weight is 400 g/mol. The minimum Gasteiger partial charge on any atom is -0.324 e. The van der Waals surface area contributed by atoms with E-state index in [-0.39, 0.29) is 18.1 Å². The quantitative estimate of drug-likeness (QED) is 0.534. The molecule has 0 aliphatic carbocycles. The van der Waals surface area contributed by atoms with Crippen molar-refractivity contribution in [2.75, 3.05) is 11.6 Å². The maximum Gasteiger partial charge on any atom is 0.352 e. The van der Waals surface area contributed by atoms with Crippen molar-refractivity contribution in [1.29, 1.82) is 0 Å². The lowest BCUT2D eigenvalue weighted by Gasteiger charge is -2.06. The molecule has 1 aromatic carbocycles. The normalized spacial score (nSPS) is 11.4. The molecule has 4 rings (SSSR count). The number of carbonyl (C=O) groups excluding carboxylic acids is 1. The SMILES string of the molecule is CSc1cccc(NC(=O)Cn2nc3c4c(C)c(C)sc4ncn3c2=O)c1. The van der Waals surface area contributed by atoms with Gasteiger partial charge in [0.15, 0.2) is 5.65 Å². The molecule has 3 heterocycles. The second-order valence-electron chi connectivity index (χ2n) is 6.12. The molecule has 3 aromatic heterocycles. The zero-order chi connectivity index (χ0) is 19.1. The number of hydrogen-bond acceptors (Lipinski definition) is 6. The van der Waals surface area contributed by atoms with Crippen LogP contribution in [0, 0.1) is 13.8 Å². The van der Waals surface area contributed by atoms with E-state index < -0.39 is 0 Å². The lowest BCUT2D eigenvalue weighted by molar-refractivity contribution is -0.117. The maximum atomic E-state index is 12.6. The first-order valence-electron chi connectivity index (χ1n) is 8.25. The van der Waals surface area contributed by atoms with Crippen LogP contribution in [0.1, 0.15) is 10.4 Å². The summed E-state index contributed by atoms with van der Waals surface area (Å²) >= 11 is 3.17. The van der Waals surface area contributed by atoms with Crippen LogP contribution in [0.5, 0.6) is 0 Å². The van der Waals surface area contributed by atoms with Crippen LogP contribution >= 0.6 is 23.1 Å².